The van der Waals surface area contributed by atoms with Gasteiger partial charge < -0.3 is 20.1 Å². The number of aliphatic hydroxyl groups excluding tert-OH is 1. The number of rotatable bonds is 5. The molecule has 98 valence electrons. The molecular formula is C12H22N2O3. The Kier molecular flexibility index (Phi) is 4.36. The minimum atomic E-state index is -0.223. The van der Waals surface area contributed by atoms with Crippen LogP contribution in [-0.2, 0) is 9.53 Å². The first-order valence-corrected chi connectivity index (χ1v) is 6.46. The third-order valence-corrected chi connectivity index (χ3v) is 3.23. The van der Waals surface area contributed by atoms with Gasteiger partial charge in [0, 0.05) is 32.1 Å². The largest absolute Gasteiger partial charge is 0.394 e. The standard InChI is InChI=1S/C12H22N2O3/c1-9-6-14(7-11(8-15)17-9)12(16)4-5-13-10-2-3-10/h9-11,13,15H,2-8H2,1H3. The van der Waals surface area contributed by atoms with Crippen molar-refractivity contribution in [3.05, 3.63) is 0 Å². The molecule has 0 aromatic heterocycles. The van der Waals surface area contributed by atoms with E-state index in [4.69, 9.17) is 9.84 Å². The minimum Gasteiger partial charge on any atom is -0.394 e. The quantitative estimate of drug-likeness (QED) is 0.697. The molecule has 2 fully saturated rings. The van der Waals surface area contributed by atoms with Gasteiger partial charge in [0.2, 0.25) is 5.91 Å². The molecule has 1 heterocycles. The fourth-order valence-corrected chi connectivity index (χ4v) is 2.18. The monoisotopic (exact) mass is 242 g/mol. The van der Waals surface area contributed by atoms with Crippen LogP contribution in [0.4, 0.5) is 0 Å². The molecule has 2 atom stereocenters. The van der Waals surface area contributed by atoms with Crippen LogP contribution in [-0.4, -0.2) is 60.4 Å². The van der Waals surface area contributed by atoms with Crippen LogP contribution in [0.5, 0.6) is 0 Å². The van der Waals surface area contributed by atoms with Crippen LogP contribution in [0.2, 0.25) is 0 Å². The summed E-state index contributed by atoms with van der Waals surface area (Å²) in [6, 6.07) is 0.650. The molecule has 5 nitrogen and oxygen atoms in total. The van der Waals surface area contributed by atoms with E-state index in [0.717, 1.165) is 6.54 Å². The number of carbonyl (C=O) groups is 1. The van der Waals surface area contributed by atoms with Crippen LogP contribution in [0.1, 0.15) is 26.2 Å². The van der Waals surface area contributed by atoms with E-state index in [1.165, 1.54) is 12.8 Å². The van der Waals surface area contributed by atoms with Crippen molar-refractivity contribution in [2.75, 3.05) is 26.2 Å². The average Bonchev–Trinajstić information content (AvgIpc) is 3.12. The van der Waals surface area contributed by atoms with Crippen LogP contribution in [0.25, 0.3) is 0 Å². The fourth-order valence-electron chi connectivity index (χ4n) is 2.18. The van der Waals surface area contributed by atoms with Gasteiger partial charge >= 0.3 is 0 Å². The molecule has 2 unspecified atom stereocenters. The molecule has 2 rings (SSSR count). The third-order valence-electron chi connectivity index (χ3n) is 3.23. The van der Waals surface area contributed by atoms with Gasteiger partial charge in [-0.2, -0.15) is 0 Å². The van der Waals surface area contributed by atoms with Gasteiger partial charge in [0.25, 0.3) is 0 Å². The first-order chi connectivity index (χ1) is 8.19. The van der Waals surface area contributed by atoms with Gasteiger partial charge in [0.15, 0.2) is 0 Å². The van der Waals surface area contributed by atoms with Crippen molar-refractivity contribution in [2.45, 2.75) is 44.4 Å². The van der Waals surface area contributed by atoms with Gasteiger partial charge in [0.05, 0.1) is 18.8 Å². The lowest BCUT2D eigenvalue weighted by Gasteiger charge is -2.36. The van der Waals surface area contributed by atoms with E-state index in [1.807, 2.05) is 11.8 Å². The second-order valence-corrected chi connectivity index (χ2v) is 5.03. The Labute approximate surface area is 102 Å². The van der Waals surface area contributed by atoms with E-state index >= 15 is 0 Å². The van der Waals surface area contributed by atoms with Crippen molar-refractivity contribution < 1.29 is 14.6 Å². The summed E-state index contributed by atoms with van der Waals surface area (Å²) in [5.74, 6) is 0.159. The second kappa shape index (κ2) is 5.80. The molecule has 1 aliphatic carbocycles. The predicted molar refractivity (Wildman–Crippen MR) is 63.6 cm³/mol. The molecule has 2 N–H and O–H groups in total. The highest BCUT2D eigenvalue weighted by Gasteiger charge is 2.28. The SMILES string of the molecule is CC1CN(C(=O)CCNC2CC2)CC(CO)O1. The maximum Gasteiger partial charge on any atom is 0.224 e. The van der Waals surface area contributed by atoms with Gasteiger partial charge in [-0.3, -0.25) is 4.79 Å². The first kappa shape index (κ1) is 12.8. The highest BCUT2D eigenvalue weighted by molar-refractivity contribution is 5.76. The van der Waals surface area contributed by atoms with Gasteiger partial charge in [-0.05, 0) is 19.8 Å². The Morgan fingerprint density at radius 2 is 2.24 bits per heavy atom. The molecule has 0 spiro atoms. The van der Waals surface area contributed by atoms with E-state index in [-0.39, 0.29) is 24.7 Å². The van der Waals surface area contributed by atoms with E-state index in [2.05, 4.69) is 5.32 Å². The number of carbonyl (C=O) groups excluding carboxylic acids is 1. The van der Waals surface area contributed by atoms with Crippen molar-refractivity contribution in [3.63, 3.8) is 0 Å². The second-order valence-electron chi connectivity index (χ2n) is 5.03. The Bertz CT molecular complexity index is 268. The van der Waals surface area contributed by atoms with Crippen LogP contribution in [0.3, 0.4) is 0 Å². The van der Waals surface area contributed by atoms with E-state index in [1.54, 1.807) is 0 Å². The van der Waals surface area contributed by atoms with Crippen LogP contribution >= 0.6 is 0 Å². The molecule has 17 heavy (non-hydrogen) atoms. The zero-order valence-corrected chi connectivity index (χ0v) is 10.4. The minimum absolute atomic E-state index is 0.0150. The highest BCUT2D eigenvalue weighted by atomic mass is 16.5. The van der Waals surface area contributed by atoms with E-state index < -0.39 is 0 Å². The summed E-state index contributed by atoms with van der Waals surface area (Å²) in [4.78, 5) is 13.8. The molecule has 0 aromatic rings. The number of amides is 1. The first-order valence-electron chi connectivity index (χ1n) is 6.46. The van der Waals surface area contributed by atoms with Gasteiger partial charge in [-0.1, -0.05) is 0 Å². The third kappa shape index (κ3) is 3.94. The topological polar surface area (TPSA) is 61.8 Å². The summed E-state index contributed by atoms with van der Waals surface area (Å²) in [5, 5.41) is 12.4. The number of nitrogens with one attached hydrogen (secondary N) is 1. The predicted octanol–water partition coefficient (Wildman–Crippen LogP) is -0.263. The molecule has 2 aliphatic rings. The van der Waals surface area contributed by atoms with Crippen molar-refractivity contribution in [3.8, 4) is 0 Å². The summed E-state index contributed by atoms with van der Waals surface area (Å²) >= 11 is 0. The molecule has 1 amide bonds. The lowest BCUT2D eigenvalue weighted by Crippen LogP contribution is -2.50. The van der Waals surface area contributed by atoms with Gasteiger partial charge in [0.1, 0.15) is 0 Å². The van der Waals surface area contributed by atoms with E-state index in [0.29, 0.717) is 25.6 Å². The average molecular weight is 242 g/mol. The number of hydrogen-bond donors (Lipinski definition) is 2. The Hall–Kier alpha value is -0.650. The zero-order valence-electron chi connectivity index (χ0n) is 10.4. The number of ether oxygens (including phenoxy) is 1. The Morgan fingerprint density at radius 3 is 2.88 bits per heavy atom. The number of aliphatic hydroxyl groups is 1. The molecule has 5 heteroatoms. The molecule has 0 bridgehead atoms. The van der Waals surface area contributed by atoms with Crippen molar-refractivity contribution in [1.29, 1.82) is 0 Å². The lowest BCUT2D eigenvalue weighted by atomic mass is 10.2. The number of morpholine rings is 1. The smallest absolute Gasteiger partial charge is 0.224 e. The summed E-state index contributed by atoms with van der Waals surface area (Å²) in [6.45, 7) is 3.83. The lowest BCUT2D eigenvalue weighted by molar-refractivity contribution is -0.147. The Balaban J connectivity index is 1.72. The van der Waals surface area contributed by atoms with E-state index in [9.17, 15) is 4.79 Å². The van der Waals surface area contributed by atoms with Crippen LogP contribution < -0.4 is 5.32 Å². The number of hydrogen-bond acceptors (Lipinski definition) is 4. The maximum absolute atomic E-state index is 12.0. The molecule has 1 saturated carbocycles. The van der Waals surface area contributed by atoms with Gasteiger partial charge in [-0.15, -0.1) is 0 Å². The summed E-state index contributed by atoms with van der Waals surface area (Å²) in [6.07, 6.45) is 2.83. The van der Waals surface area contributed by atoms with Crippen LogP contribution in [0.15, 0.2) is 0 Å². The highest BCUT2D eigenvalue weighted by Crippen LogP contribution is 2.18. The normalized spacial score (nSPS) is 29.4. The maximum atomic E-state index is 12.0. The Morgan fingerprint density at radius 1 is 1.47 bits per heavy atom. The van der Waals surface area contributed by atoms with Crippen LogP contribution in [0, 0.1) is 0 Å². The molecule has 1 saturated heterocycles. The fraction of sp³-hybridized carbons (Fsp3) is 0.917. The summed E-state index contributed by atoms with van der Waals surface area (Å²) in [7, 11) is 0. The van der Waals surface area contributed by atoms with Crippen molar-refractivity contribution in [2.24, 2.45) is 0 Å². The van der Waals surface area contributed by atoms with Gasteiger partial charge in [-0.25, -0.2) is 0 Å². The summed E-state index contributed by atoms with van der Waals surface area (Å²) in [5.41, 5.74) is 0. The summed E-state index contributed by atoms with van der Waals surface area (Å²) < 4.78 is 5.51. The molecule has 0 aromatic carbocycles. The van der Waals surface area contributed by atoms with Crippen molar-refractivity contribution in [1.82, 2.24) is 10.2 Å². The molecule has 1 aliphatic heterocycles. The number of nitrogens with zero attached hydrogens (tertiary/aromatic N) is 1. The van der Waals surface area contributed by atoms with Crippen molar-refractivity contribution >= 4 is 5.91 Å². The molecular weight excluding hydrogens is 220 g/mol. The zero-order chi connectivity index (χ0) is 12.3. The molecule has 0 radical (unpaired) electrons.